The molecule has 1 aromatic heterocycles. The zero-order chi connectivity index (χ0) is 18.4. The minimum absolute atomic E-state index is 0.0834. The zero-order valence-corrected chi connectivity index (χ0v) is 15.3. The van der Waals surface area contributed by atoms with Crippen molar-refractivity contribution in [2.24, 2.45) is 0 Å². The van der Waals surface area contributed by atoms with Gasteiger partial charge in [0.2, 0.25) is 5.91 Å². The molecule has 0 unspecified atom stereocenters. The SMILES string of the molecule is O=C(NC1CCN(C(=O)CCc2ccc(Cl)cc2)CC1)c1ccncc1. The first-order chi connectivity index (χ1) is 12.6. The highest BCUT2D eigenvalue weighted by atomic mass is 35.5. The Hall–Kier alpha value is -2.40. The van der Waals surface area contributed by atoms with Gasteiger partial charge >= 0.3 is 0 Å². The molecular weight excluding hydrogens is 350 g/mol. The van der Waals surface area contributed by atoms with Gasteiger partial charge in [0.25, 0.3) is 5.91 Å². The molecule has 3 rings (SSSR count). The number of piperidine rings is 1. The van der Waals surface area contributed by atoms with Gasteiger partial charge in [-0.15, -0.1) is 0 Å². The molecular formula is C20H22ClN3O2. The highest BCUT2D eigenvalue weighted by Crippen LogP contribution is 2.15. The summed E-state index contributed by atoms with van der Waals surface area (Å²) in [4.78, 5) is 30.4. The van der Waals surface area contributed by atoms with Crippen LogP contribution in [0.2, 0.25) is 5.02 Å². The Morgan fingerprint density at radius 1 is 1.08 bits per heavy atom. The van der Waals surface area contributed by atoms with Gasteiger partial charge in [-0.2, -0.15) is 0 Å². The summed E-state index contributed by atoms with van der Waals surface area (Å²) < 4.78 is 0. The predicted molar refractivity (Wildman–Crippen MR) is 101 cm³/mol. The summed E-state index contributed by atoms with van der Waals surface area (Å²) >= 11 is 5.88. The van der Waals surface area contributed by atoms with E-state index < -0.39 is 0 Å². The van der Waals surface area contributed by atoms with E-state index in [2.05, 4.69) is 10.3 Å². The minimum Gasteiger partial charge on any atom is -0.349 e. The van der Waals surface area contributed by atoms with E-state index in [1.54, 1.807) is 24.5 Å². The van der Waals surface area contributed by atoms with Crippen molar-refractivity contribution in [1.29, 1.82) is 0 Å². The molecule has 1 aromatic carbocycles. The van der Waals surface area contributed by atoms with Gasteiger partial charge in [-0.1, -0.05) is 23.7 Å². The lowest BCUT2D eigenvalue weighted by molar-refractivity contribution is -0.132. The molecule has 2 heterocycles. The van der Waals surface area contributed by atoms with Gasteiger partial charge in [0.1, 0.15) is 0 Å². The number of rotatable bonds is 5. The molecule has 6 heteroatoms. The number of hydrogen-bond donors (Lipinski definition) is 1. The van der Waals surface area contributed by atoms with Gasteiger partial charge in [-0.3, -0.25) is 14.6 Å². The molecule has 1 aliphatic rings. The maximum atomic E-state index is 12.4. The molecule has 5 nitrogen and oxygen atoms in total. The summed E-state index contributed by atoms with van der Waals surface area (Å²) in [7, 11) is 0. The Kier molecular flexibility index (Phi) is 6.23. The number of benzene rings is 1. The normalized spacial score (nSPS) is 14.9. The number of hydrogen-bond acceptors (Lipinski definition) is 3. The summed E-state index contributed by atoms with van der Waals surface area (Å²) in [5, 5.41) is 3.75. The summed E-state index contributed by atoms with van der Waals surface area (Å²) in [6, 6.07) is 11.1. The fraction of sp³-hybridized carbons (Fsp3) is 0.350. The van der Waals surface area contributed by atoms with E-state index in [0.29, 0.717) is 36.5 Å². The summed E-state index contributed by atoms with van der Waals surface area (Å²) in [5.41, 5.74) is 1.73. The monoisotopic (exact) mass is 371 g/mol. The lowest BCUT2D eigenvalue weighted by atomic mass is 10.0. The van der Waals surface area contributed by atoms with Crippen molar-refractivity contribution >= 4 is 23.4 Å². The number of halogens is 1. The van der Waals surface area contributed by atoms with E-state index in [1.165, 1.54) is 0 Å². The van der Waals surface area contributed by atoms with E-state index in [4.69, 9.17) is 11.6 Å². The summed E-state index contributed by atoms with van der Waals surface area (Å²) in [5.74, 6) is 0.0822. The van der Waals surface area contributed by atoms with Gasteiger partial charge < -0.3 is 10.2 Å². The Morgan fingerprint density at radius 3 is 2.38 bits per heavy atom. The summed E-state index contributed by atoms with van der Waals surface area (Å²) in [6.45, 7) is 1.36. The van der Waals surface area contributed by atoms with Crippen LogP contribution >= 0.6 is 11.6 Å². The topological polar surface area (TPSA) is 62.3 Å². The molecule has 136 valence electrons. The molecule has 1 aliphatic heterocycles. The second kappa shape index (κ2) is 8.81. The Labute approximate surface area is 158 Å². The van der Waals surface area contributed by atoms with E-state index in [1.807, 2.05) is 29.2 Å². The molecule has 2 aromatic rings. The quantitative estimate of drug-likeness (QED) is 0.878. The van der Waals surface area contributed by atoms with Crippen LogP contribution in [0.15, 0.2) is 48.8 Å². The first kappa shape index (κ1) is 18.4. The van der Waals surface area contributed by atoms with Gasteiger partial charge in [-0.05, 0) is 49.1 Å². The van der Waals surface area contributed by atoms with Crippen LogP contribution in [0.1, 0.15) is 35.2 Å². The zero-order valence-electron chi connectivity index (χ0n) is 14.5. The van der Waals surface area contributed by atoms with Crippen LogP contribution in [0, 0.1) is 0 Å². The predicted octanol–water partition coefficient (Wildman–Crippen LogP) is 3.09. The fourth-order valence-electron chi connectivity index (χ4n) is 3.11. The van der Waals surface area contributed by atoms with Crippen molar-refractivity contribution < 1.29 is 9.59 Å². The third-order valence-electron chi connectivity index (χ3n) is 4.67. The smallest absolute Gasteiger partial charge is 0.251 e. The van der Waals surface area contributed by atoms with Gasteiger partial charge in [0.15, 0.2) is 0 Å². The third-order valence-corrected chi connectivity index (χ3v) is 4.92. The van der Waals surface area contributed by atoms with Crippen molar-refractivity contribution in [2.45, 2.75) is 31.7 Å². The molecule has 0 atom stereocenters. The molecule has 0 saturated carbocycles. The average molecular weight is 372 g/mol. The number of amides is 2. The summed E-state index contributed by atoms with van der Waals surface area (Å²) in [6.07, 6.45) is 5.99. The van der Waals surface area contributed by atoms with Crippen LogP contribution in [-0.2, 0) is 11.2 Å². The number of nitrogens with one attached hydrogen (secondary N) is 1. The fourth-order valence-corrected chi connectivity index (χ4v) is 3.23. The minimum atomic E-state index is -0.0834. The first-order valence-electron chi connectivity index (χ1n) is 8.85. The van der Waals surface area contributed by atoms with Crippen molar-refractivity contribution in [3.05, 3.63) is 64.9 Å². The van der Waals surface area contributed by atoms with Crippen LogP contribution in [-0.4, -0.2) is 40.8 Å². The highest BCUT2D eigenvalue weighted by molar-refractivity contribution is 6.30. The van der Waals surface area contributed by atoms with Crippen molar-refractivity contribution in [3.63, 3.8) is 0 Å². The molecule has 1 fully saturated rings. The lowest BCUT2D eigenvalue weighted by Gasteiger charge is -2.32. The van der Waals surface area contributed by atoms with Crippen LogP contribution in [0.5, 0.6) is 0 Å². The van der Waals surface area contributed by atoms with Crippen molar-refractivity contribution in [3.8, 4) is 0 Å². The number of likely N-dealkylation sites (tertiary alicyclic amines) is 1. The molecule has 0 radical (unpaired) electrons. The Bertz CT molecular complexity index is 741. The van der Waals surface area contributed by atoms with Gasteiger partial charge in [0, 0.05) is 48.5 Å². The Morgan fingerprint density at radius 2 is 1.73 bits per heavy atom. The number of carbonyl (C=O) groups is 2. The van der Waals surface area contributed by atoms with Crippen molar-refractivity contribution in [1.82, 2.24) is 15.2 Å². The molecule has 26 heavy (non-hydrogen) atoms. The van der Waals surface area contributed by atoms with Gasteiger partial charge in [-0.25, -0.2) is 0 Å². The molecule has 2 amide bonds. The van der Waals surface area contributed by atoms with E-state index in [0.717, 1.165) is 18.4 Å². The number of aryl methyl sites for hydroxylation is 1. The van der Waals surface area contributed by atoms with E-state index >= 15 is 0 Å². The second-order valence-electron chi connectivity index (χ2n) is 6.49. The largest absolute Gasteiger partial charge is 0.349 e. The second-order valence-corrected chi connectivity index (χ2v) is 6.93. The standard InChI is InChI=1S/C20H22ClN3O2/c21-17-4-1-15(2-5-17)3-6-19(25)24-13-9-18(10-14-24)23-20(26)16-7-11-22-12-8-16/h1-2,4-5,7-8,11-12,18H,3,6,9-10,13-14H2,(H,23,26). The molecule has 0 bridgehead atoms. The number of aromatic nitrogens is 1. The maximum Gasteiger partial charge on any atom is 0.251 e. The first-order valence-corrected chi connectivity index (χ1v) is 9.23. The number of pyridine rings is 1. The van der Waals surface area contributed by atoms with Crippen LogP contribution in [0.4, 0.5) is 0 Å². The average Bonchev–Trinajstić information content (AvgIpc) is 2.68. The van der Waals surface area contributed by atoms with Gasteiger partial charge in [0.05, 0.1) is 0 Å². The van der Waals surface area contributed by atoms with Crippen LogP contribution < -0.4 is 5.32 Å². The van der Waals surface area contributed by atoms with Crippen LogP contribution in [0.25, 0.3) is 0 Å². The number of carbonyl (C=O) groups excluding carboxylic acids is 2. The van der Waals surface area contributed by atoms with E-state index in [9.17, 15) is 9.59 Å². The Balaban J connectivity index is 1.42. The van der Waals surface area contributed by atoms with E-state index in [-0.39, 0.29) is 17.9 Å². The molecule has 1 N–H and O–H groups in total. The molecule has 0 spiro atoms. The molecule has 0 aliphatic carbocycles. The third kappa shape index (κ3) is 5.05. The highest BCUT2D eigenvalue weighted by Gasteiger charge is 2.23. The van der Waals surface area contributed by atoms with Crippen molar-refractivity contribution in [2.75, 3.05) is 13.1 Å². The molecule has 1 saturated heterocycles. The lowest BCUT2D eigenvalue weighted by Crippen LogP contribution is -2.46. The maximum absolute atomic E-state index is 12.4. The number of nitrogens with zero attached hydrogens (tertiary/aromatic N) is 2. The van der Waals surface area contributed by atoms with Crippen LogP contribution in [0.3, 0.4) is 0 Å².